The Bertz CT molecular complexity index is 928. The first kappa shape index (κ1) is 19.8. The minimum Gasteiger partial charge on any atom is -0.493 e. The number of halogens is 1. The lowest BCUT2D eigenvalue weighted by Gasteiger charge is -2.10. The minimum absolute atomic E-state index is 0.0832. The molecule has 4 nitrogen and oxygen atoms in total. The van der Waals surface area contributed by atoms with E-state index >= 15 is 0 Å². The highest BCUT2D eigenvalue weighted by atomic mass is 35.5. The van der Waals surface area contributed by atoms with Crippen molar-refractivity contribution in [2.24, 2.45) is 0 Å². The summed E-state index contributed by atoms with van der Waals surface area (Å²) in [5, 5.41) is 3.48. The highest BCUT2D eigenvalue weighted by molar-refractivity contribution is 6.31. The first-order chi connectivity index (χ1) is 13.6. The van der Waals surface area contributed by atoms with Gasteiger partial charge in [0, 0.05) is 23.2 Å². The molecule has 144 valence electrons. The Balaban J connectivity index is 1.47. The first-order valence-electron chi connectivity index (χ1n) is 9.06. The summed E-state index contributed by atoms with van der Waals surface area (Å²) in [6, 6.07) is 22.8. The monoisotopic (exact) mass is 395 g/mol. The molecule has 28 heavy (non-hydrogen) atoms. The van der Waals surface area contributed by atoms with Gasteiger partial charge in [-0.1, -0.05) is 48.0 Å². The van der Waals surface area contributed by atoms with Crippen LogP contribution in [0.15, 0.2) is 72.8 Å². The van der Waals surface area contributed by atoms with E-state index in [9.17, 15) is 4.79 Å². The molecule has 0 saturated heterocycles. The van der Waals surface area contributed by atoms with Gasteiger partial charge in [0.1, 0.15) is 11.5 Å². The Morgan fingerprint density at radius 1 is 0.929 bits per heavy atom. The van der Waals surface area contributed by atoms with Crippen LogP contribution in [0.2, 0.25) is 5.02 Å². The van der Waals surface area contributed by atoms with Crippen molar-refractivity contribution in [3.05, 3.63) is 88.9 Å². The topological polar surface area (TPSA) is 47.6 Å². The maximum atomic E-state index is 12.1. The van der Waals surface area contributed by atoms with Crippen LogP contribution in [0.1, 0.15) is 11.1 Å². The molecular formula is C23H22ClNO3. The summed E-state index contributed by atoms with van der Waals surface area (Å²) in [7, 11) is 0. The highest BCUT2D eigenvalue weighted by Crippen LogP contribution is 2.21. The molecule has 1 N–H and O–H groups in total. The second kappa shape index (κ2) is 9.81. The van der Waals surface area contributed by atoms with Gasteiger partial charge in [-0.3, -0.25) is 4.79 Å². The molecule has 0 radical (unpaired) electrons. The van der Waals surface area contributed by atoms with Crippen molar-refractivity contribution in [1.82, 2.24) is 0 Å². The molecule has 3 aromatic rings. The van der Waals surface area contributed by atoms with E-state index in [0.29, 0.717) is 28.8 Å². The van der Waals surface area contributed by atoms with Gasteiger partial charge in [0.15, 0.2) is 6.61 Å². The first-order valence-corrected chi connectivity index (χ1v) is 9.43. The number of carbonyl (C=O) groups excluding carboxylic acids is 1. The predicted octanol–water partition coefficient (Wildman–Crippen LogP) is 5.29. The largest absolute Gasteiger partial charge is 0.493 e. The van der Waals surface area contributed by atoms with Gasteiger partial charge in [0.05, 0.1) is 6.61 Å². The fourth-order valence-corrected chi connectivity index (χ4v) is 2.77. The second-order valence-electron chi connectivity index (χ2n) is 6.36. The Morgan fingerprint density at radius 2 is 1.71 bits per heavy atom. The molecule has 0 atom stereocenters. The van der Waals surface area contributed by atoms with Crippen LogP contribution in [-0.4, -0.2) is 19.1 Å². The second-order valence-corrected chi connectivity index (χ2v) is 6.77. The van der Waals surface area contributed by atoms with Crippen LogP contribution >= 0.6 is 11.6 Å². The van der Waals surface area contributed by atoms with Crippen LogP contribution in [0, 0.1) is 6.92 Å². The van der Waals surface area contributed by atoms with Gasteiger partial charge in [-0.25, -0.2) is 0 Å². The van der Waals surface area contributed by atoms with E-state index in [1.54, 1.807) is 24.3 Å². The summed E-state index contributed by atoms with van der Waals surface area (Å²) in [5.41, 5.74) is 2.79. The van der Waals surface area contributed by atoms with E-state index in [2.05, 4.69) is 17.4 Å². The normalized spacial score (nSPS) is 10.4. The highest BCUT2D eigenvalue weighted by Gasteiger charge is 2.06. The third-order valence-corrected chi connectivity index (χ3v) is 4.54. The van der Waals surface area contributed by atoms with Gasteiger partial charge in [-0.15, -0.1) is 0 Å². The average Bonchev–Trinajstić information content (AvgIpc) is 2.70. The number of nitrogens with one attached hydrogen (secondary N) is 1. The number of amides is 1. The summed E-state index contributed by atoms with van der Waals surface area (Å²) >= 11 is 5.99. The van der Waals surface area contributed by atoms with Crippen molar-refractivity contribution >= 4 is 23.2 Å². The standard InChI is InChI=1S/C23H22ClNO3/c1-17-14-21(10-11-22(17)24)28-16-23(26)25-19-8-5-9-20(15-19)27-13-12-18-6-3-2-4-7-18/h2-11,14-15H,12-13,16H2,1H3,(H,25,26). The third kappa shape index (κ3) is 6.03. The fourth-order valence-electron chi connectivity index (χ4n) is 2.65. The van der Waals surface area contributed by atoms with Gasteiger partial charge in [-0.05, 0) is 48.4 Å². The smallest absolute Gasteiger partial charge is 0.262 e. The van der Waals surface area contributed by atoms with Crippen LogP contribution in [0.25, 0.3) is 0 Å². The van der Waals surface area contributed by atoms with Crippen molar-refractivity contribution in [2.45, 2.75) is 13.3 Å². The Hall–Kier alpha value is -2.98. The van der Waals surface area contributed by atoms with E-state index in [4.69, 9.17) is 21.1 Å². The van der Waals surface area contributed by atoms with Gasteiger partial charge >= 0.3 is 0 Å². The van der Waals surface area contributed by atoms with Crippen LogP contribution in [0.4, 0.5) is 5.69 Å². The Kier molecular flexibility index (Phi) is 6.93. The van der Waals surface area contributed by atoms with E-state index in [-0.39, 0.29) is 12.5 Å². The predicted molar refractivity (Wildman–Crippen MR) is 112 cm³/mol. The molecule has 0 heterocycles. The molecule has 0 saturated carbocycles. The molecular weight excluding hydrogens is 374 g/mol. The zero-order chi connectivity index (χ0) is 19.8. The maximum absolute atomic E-state index is 12.1. The summed E-state index contributed by atoms with van der Waals surface area (Å²) in [6.45, 7) is 2.37. The number of ether oxygens (including phenoxy) is 2. The Morgan fingerprint density at radius 3 is 2.50 bits per heavy atom. The molecule has 0 bridgehead atoms. The van der Waals surface area contributed by atoms with Crippen molar-refractivity contribution in [3.63, 3.8) is 0 Å². The van der Waals surface area contributed by atoms with Crippen LogP contribution in [-0.2, 0) is 11.2 Å². The van der Waals surface area contributed by atoms with E-state index in [1.807, 2.05) is 43.3 Å². The Labute approximate surface area is 170 Å². The summed E-state index contributed by atoms with van der Waals surface area (Å²) in [4.78, 5) is 12.1. The molecule has 0 spiro atoms. The van der Waals surface area contributed by atoms with Crippen LogP contribution in [0.3, 0.4) is 0 Å². The molecule has 0 unspecified atom stereocenters. The van der Waals surface area contributed by atoms with Crippen molar-refractivity contribution in [3.8, 4) is 11.5 Å². The number of carbonyl (C=O) groups is 1. The number of rotatable bonds is 8. The number of benzene rings is 3. The molecule has 0 aliphatic carbocycles. The molecule has 0 fully saturated rings. The summed E-state index contributed by atoms with van der Waals surface area (Å²) in [5.74, 6) is 1.08. The van der Waals surface area contributed by atoms with Gasteiger partial charge < -0.3 is 14.8 Å². The lowest BCUT2D eigenvalue weighted by atomic mass is 10.2. The summed E-state index contributed by atoms with van der Waals surface area (Å²) < 4.78 is 11.3. The van der Waals surface area contributed by atoms with E-state index in [1.165, 1.54) is 5.56 Å². The zero-order valence-corrected chi connectivity index (χ0v) is 16.4. The fraction of sp³-hybridized carbons (Fsp3) is 0.174. The molecule has 0 aliphatic rings. The molecule has 3 aromatic carbocycles. The van der Waals surface area contributed by atoms with E-state index in [0.717, 1.165) is 12.0 Å². The van der Waals surface area contributed by atoms with Crippen LogP contribution < -0.4 is 14.8 Å². The third-order valence-electron chi connectivity index (χ3n) is 4.12. The van der Waals surface area contributed by atoms with E-state index < -0.39 is 0 Å². The number of hydrogen-bond donors (Lipinski definition) is 1. The molecule has 0 aliphatic heterocycles. The molecule has 3 rings (SSSR count). The number of aryl methyl sites for hydroxylation is 1. The quantitative estimate of drug-likeness (QED) is 0.564. The summed E-state index contributed by atoms with van der Waals surface area (Å²) in [6.07, 6.45) is 0.825. The van der Waals surface area contributed by atoms with Gasteiger partial charge in [-0.2, -0.15) is 0 Å². The average molecular weight is 396 g/mol. The number of hydrogen-bond acceptors (Lipinski definition) is 3. The molecule has 5 heteroatoms. The lowest BCUT2D eigenvalue weighted by Crippen LogP contribution is -2.20. The zero-order valence-electron chi connectivity index (χ0n) is 15.7. The molecule has 1 amide bonds. The lowest BCUT2D eigenvalue weighted by molar-refractivity contribution is -0.118. The van der Waals surface area contributed by atoms with Gasteiger partial charge in [0.25, 0.3) is 5.91 Å². The van der Waals surface area contributed by atoms with Crippen molar-refractivity contribution in [1.29, 1.82) is 0 Å². The van der Waals surface area contributed by atoms with Crippen LogP contribution in [0.5, 0.6) is 11.5 Å². The maximum Gasteiger partial charge on any atom is 0.262 e. The van der Waals surface area contributed by atoms with Crippen molar-refractivity contribution < 1.29 is 14.3 Å². The molecule has 0 aromatic heterocycles. The SMILES string of the molecule is Cc1cc(OCC(=O)Nc2cccc(OCCc3ccccc3)c2)ccc1Cl. The minimum atomic E-state index is -0.242. The number of anilines is 1. The van der Waals surface area contributed by atoms with Crippen molar-refractivity contribution in [2.75, 3.05) is 18.5 Å². The van der Waals surface area contributed by atoms with Gasteiger partial charge in [0.2, 0.25) is 0 Å².